The zero-order valence-corrected chi connectivity index (χ0v) is 15.9. The molecule has 2 rings (SSSR count). The molecular weight excluding hydrogens is 399 g/mol. The number of carbonyl (C=O) groups excluding carboxylic acids is 2. The summed E-state index contributed by atoms with van der Waals surface area (Å²) in [6.45, 7) is 1.37. The fourth-order valence-corrected chi connectivity index (χ4v) is 2.77. The molecule has 0 radical (unpaired) electrons. The van der Waals surface area contributed by atoms with E-state index in [-0.39, 0.29) is 22.0 Å². The summed E-state index contributed by atoms with van der Waals surface area (Å²) in [6.07, 6.45) is -0.143. The normalized spacial score (nSPS) is 12.1. The van der Waals surface area contributed by atoms with Crippen LogP contribution in [0.1, 0.15) is 17.3 Å². The van der Waals surface area contributed by atoms with Crippen LogP contribution >= 0.6 is 11.6 Å². The van der Waals surface area contributed by atoms with Crippen molar-refractivity contribution in [3.8, 4) is 0 Å². The molecule has 144 valence electrons. The van der Waals surface area contributed by atoms with E-state index in [4.69, 9.17) is 16.3 Å². The van der Waals surface area contributed by atoms with E-state index in [2.05, 4.69) is 10.0 Å². The van der Waals surface area contributed by atoms with Crippen LogP contribution in [0.25, 0.3) is 0 Å². The lowest BCUT2D eigenvalue weighted by molar-refractivity contribution is -0.123. The molecule has 0 aliphatic carbocycles. The molecular formula is C17H16ClFN2O5S. The van der Waals surface area contributed by atoms with Crippen molar-refractivity contribution in [3.63, 3.8) is 0 Å². The van der Waals surface area contributed by atoms with Gasteiger partial charge in [0, 0.05) is 5.69 Å². The molecule has 0 unspecified atom stereocenters. The molecule has 0 saturated heterocycles. The monoisotopic (exact) mass is 414 g/mol. The zero-order valence-electron chi connectivity index (χ0n) is 14.3. The molecule has 2 aromatic rings. The van der Waals surface area contributed by atoms with E-state index in [0.717, 1.165) is 18.4 Å². The number of ether oxygens (including phenoxy) is 1. The van der Waals surface area contributed by atoms with Crippen LogP contribution in [0.15, 0.2) is 42.5 Å². The van der Waals surface area contributed by atoms with Gasteiger partial charge in [-0.15, -0.1) is 0 Å². The second-order valence-electron chi connectivity index (χ2n) is 5.61. The zero-order chi connectivity index (χ0) is 20.2. The molecule has 27 heavy (non-hydrogen) atoms. The van der Waals surface area contributed by atoms with Gasteiger partial charge >= 0.3 is 5.97 Å². The maximum atomic E-state index is 13.0. The Labute approximate surface area is 160 Å². The molecule has 0 spiro atoms. The summed E-state index contributed by atoms with van der Waals surface area (Å²) < 4.78 is 42.7. The van der Waals surface area contributed by atoms with Crippen LogP contribution in [0.4, 0.5) is 15.8 Å². The van der Waals surface area contributed by atoms with E-state index in [9.17, 15) is 22.4 Å². The highest BCUT2D eigenvalue weighted by molar-refractivity contribution is 7.92. The van der Waals surface area contributed by atoms with Gasteiger partial charge in [0.25, 0.3) is 5.91 Å². The molecule has 2 N–H and O–H groups in total. The Morgan fingerprint density at radius 1 is 1.15 bits per heavy atom. The third-order valence-electron chi connectivity index (χ3n) is 3.27. The first-order chi connectivity index (χ1) is 12.5. The molecule has 10 heteroatoms. The van der Waals surface area contributed by atoms with Crippen molar-refractivity contribution >= 4 is 44.9 Å². The molecule has 0 saturated carbocycles. The Bertz CT molecular complexity index is 964. The summed E-state index contributed by atoms with van der Waals surface area (Å²) >= 11 is 5.83. The number of hydrogen-bond acceptors (Lipinski definition) is 5. The van der Waals surface area contributed by atoms with Crippen molar-refractivity contribution in [1.29, 1.82) is 0 Å². The van der Waals surface area contributed by atoms with Gasteiger partial charge in [-0.25, -0.2) is 17.6 Å². The fraction of sp³-hybridized carbons (Fsp3) is 0.176. The number of benzene rings is 2. The highest BCUT2D eigenvalue weighted by Crippen LogP contribution is 2.22. The summed E-state index contributed by atoms with van der Waals surface area (Å²) in [5.41, 5.74) is 0.599. The van der Waals surface area contributed by atoms with Gasteiger partial charge in [0.15, 0.2) is 6.10 Å². The van der Waals surface area contributed by atoms with Gasteiger partial charge in [-0.1, -0.05) is 11.6 Å². The van der Waals surface area contributed by atoms with Gasteiger partial charge in [0.1, 0.15) is 5.82 Å². The van der Waals surface area contributed by atoms with Crippen molar-refractivity contribution in [3.05, 3.63) is 58.9 Å². The second-order valence-corrected chi connectivity index (χ2v) is 7.77. The van der Waals surface area contributed by atoms with E-state index < -0.39 is 33.8 Å². The number of carbonyl (C=O) groups is 2. The summed E-state index contributed by atoms with van der Waals surface area (Å²) in [6, 6.07) is 8.96. The Morgan fingerprint density at radius 3 is 2.33 bits per heavy atom. The number of amides is 1. The molecule has 0 aliphatic heterocycles. The third kappa shape index (κ3) is 6.22. The average Bonchev–Trinajstić information content (AvgIpc) is 2.56. The van der Waals surface area contributed by atoms with E-state index in [1.165, 1.54) is 37.3 Å². The van der Waals surface area contributed by atoms with E-state index in [1.54, 1.807) is 0 Å². The lowest BCUT2D eigenvalue weighted by atomic mass is 10.2. The van der Waals surface area contributed by atoms with Gasteiger partial charge in [-0.3, -0.25) is 9.52 Å². The molecule has 0 aromatic heterocycles. The number of rotatable bonds is 6. The minimum atomic E-state index is -3.43. The summed E-state index contributed by atoms with van der Waals surface area (Å²) in [4.78, 5) is 24.2. The minimum Gasteiger partial charge on any atom is -0.449 e. The van der Waals surface area contributed by atoms with Gasteiger partial charge in [0.2, 0.25) is 10.0 Å². The summed E-state index contributed by atoms with van der Waals surface area (Å²) in [7, 11) is -3.43. The Morgan fingerprint density at radius 2 is 1.78 bits per heavy atom. The highest BCUT2D eigenvalue weighted by atomic mass is 35.5. The van der Waals surface area contributed by atoms with Crippen LogP contribution in [0.5, 0.6) is 0 Å². The van der Waals surface area contributed by atoms with Crippen LogP contribution in [-0.4, -0.2) is 32.7 Å². The molecule has 7 nitrogen and oxygen atoms in total. The topological polar surface area (TPSA) is 102 Å². The SMILES string of the molecule is C[C@H](OC(=O)c1ccc(NS(C)(=O)=O)cc1)C(=O)Nc1ccc(F)cc1Cl. The van der Waals surface area contributed by atoms with Gasteiger partial charge in [-0.2, -0.15) is 0 Å². The van der Waals surface area contributed by atoms with E-state index >= 15 is 0 Å². The van der Waals surface area contributed by atoms with Crippen LogP contribution in [0.3, 0.4) is 0 Å². The highest BCUT2D eigenvalue weighted by Gasteiger charge is 2.20. The van der Waals surface area contributed by atoms with Crippen LogP contribution in [0.2, 0.25) is 5.02 Å². The smallest absolute Gasteiger partial charge is 0.338 e. The van der Waals surface area contributed by atoms with Crippen molar-refractivity contribution in [2.24, 2.45) is 0 Å². The quantitative estimate of drug-likeness (QED) is 0.707. The standard InChI is InChI=1S/C17H16ClFN2O5S/c1-10(16(22)20-15-8-5-12(19)9-14(15)18)26-17(23)11-3-6-13(7-4-11)21-27(2,24)25/h3-10,21H,1-2H3,(H,20,22)/t10-/m0/s1. The van der Waals surface area contributed by atoms with Crippen LogP contribution in [0, 0.1) is 5.82 Å². The number of halogens is 2. The average molecular weight is 415 g/mol. The predicted molar refractivity (Wildman–Crippen MR) is 99.8 cm³/mol. The predicted octanol–water partition coefficient (Wildman–Crippen LogP) is 3.03. The van der Waals surface area contributed by atoms with Crippen LogP contribution in [-0.2, 0) is 19.6 Å². The maximum absolute atomic E-state index is 13.0. The first kappa shape index (κ1) is 20.7. The lowest BCUT2D eigenvalue weighted by Crippen LogP contribution is -2.30. The van der Waals surface area contributed by atoms with E-state index in [1.807, 2.05) is 0 Å². The Hall–Kier alpha value is -2.65. The van der Waals surface area contributed by atoms with Crippen molar-refractivity contribution in [2.75, 3.05) is 16.3 Å². The van der Waals surface area contributed by atoms with E-state index in [0.29, 0.717) is 0 Å². The van der Waals surface area contributed by atoms with Crippen molar-refractivity contribution < 1.29 is 27.1 Å². The molecule has 1 atom stereocenters. The third-order valence-corrected chi connectivity index (χ3v) is 4.19. The summed E-state index contributed by atoms with van der Waals surface area (Å²) in [5, 5.41) is 2.45. The lowest BCUT2D eigenvalue weighted by Gasteiger charge is -2.14. The first-order valence-corrected chi connectivity index (χ1v) is 9.87. The Kier molecular flexibility index (Phi) is 6.40. The number of esters is 1. The second kappa shape index (κ2) is 8.36. The molecule has 0 aliphatic rings. The number of hydrogen-bond donors (Lipinski definition) is 2. The molecule has 0 heterocycles. The number of nitrogens with one attached hydrogen (secondary N) is 2. The Balaban J connectivity index is 1.98. The van der Waals surface area contributed by atoms with Gasteiger partial charge in [0.05, 0.1) is 22.5 Å². The van der Waals surface area contributed by atoms with Crippen molar-refractivity contribution in [1.82, 2.24) is 0 Å². The van der Waals surface area contributed by atoms with Crippen LogP contribution < -0.4 is 10.0 Å². The maximum Gasteiger partial charge on any atom is 0.338 e. The largest absolute Gasteiger partial charge is 0.449 e. The van der Waals surface area contributed by atoms with Gasteiger partial charge < -0.3 is 10.1 Å². The van der Waals surface area contributed by atoms with Gasteiger partial charge in [-0.05, 0) is 49.4 Å². The summed E-state index contributed by atoms with van der Waals surface area (Å²) in [5.74, 6) is -1.97. The minimum absolute atomic E-state index is 0.0100. The number of anilines is 2. The van der Waals surface area contributed by atoms with Crippen molar-refractivity contribution in [2.45, 2.75) is 13.0 Å². The molecule has 2 aromatic carbocycles. The molecule has 1 amide bonds. The number of sulfonamides is 1. The fourth-order valence-electron chi connectivity index (χ4n) is 2.00. The molecule has 0 bridgehead atoms. The molecule has 0 fully saturated rings. The first-order valence-electron chi connectivity index (χ1n) is 7.60.